The van der Waals surface area contributed by atoms with Crippen LogP contribution in [-0.4, -0.2) is 9.55 Å². The summed E-state index contributed by atoms with van der Waals surface area (Å²) in [5.41, 5.74) is 4.83. The van der Waals surface area contributed by atoms with E-state index in [9.17, 15) is 0 Å². The first-order valence-electron chi connectivity index (χ1n) is 8.04. The topological polar surface area (TPSA) is 29.9 Å². The van der Waals surface area contributed by atoms with Gasteiger partial charge in [-0.3, -0.25) is 0 Å². The maximum atomic E-state index is 4.72. The molecule has 1 aromatic heterocycles. The van der Waals surface area contributed by atoms with Crippen molar-refractivity contribution in [1.29, 1.82) is 0 Å². The SMILES string of the molecule is Cc1cn(C2CCCCC2)c(Nc2c(C)cccc2C)n1. The third-order valence-electron chi connectivity index (χ3n) is 4.54. The smallest absolute Gasteiger partial charge is 0.207 e. The Bertz CT molecular complexity index is 601. The lowest BCUT2D eigenvalue weighted by Gasteiger charge is -2.25. The Morgan fingerprint density at radius 1 is 1.05 bits per heavy atom. The molecule has 1 aliphatic carbocycles. The molecule has 0 amide bonds. The minimum absolute atomic E-state index is 0.603. The zero-order valence-electron chi connectivity index (χ0n) is 13.3. The standard InChI is InChI=1S/C18H25N3/c1-13-8-7-9-14(2)17(13)20-18-19-15(3)12-21(18)16-10-5-4-6-11-16/h7-9,12,16H,4-6,10-11H2,1-3H3,(H,19,20). The molecule has 21 heavy (non-hydrogen) atoms. The molecule has 1 fully saturated rings. The summed E-state index contributed by atoms with van der Waals surface area (Å²) in [5.74, 6) is 0.997. The summed E-state index contributed by atoms with van der Waals surface area (Å²) in [4.78, 5) is 4.72. The summed E-state index contributed by atoms with van der Waals surface area (Å²) in [6, 6.07) is 7.01. The molecular weight excluding hydrogens is 258 g/mol. The number of anilines is 2. The third kappa shape index (κ3) is 2.97. The summed E-state index contributed by atoms with van der Waals surface area (Å²) in [5, 5.41) is 3.58. The van der Waals surface area contributed by atoms with Crippen LogP contribution in [0.15, 0.2) is 24.4 Å². The molecule has 1 heterocycles. The van der Waals surface area contributed by atoms with Crippen molar-refractivity contribution in [3.05, 3.63) is 41.2 Å². The van der Waals surface area contributed by atoms with Crippen molar-refractivity contribution in [3.63, 3.8) is 0 Å². The van der Waals surface area contributed by atoms with Crippen molar-refractivity contribution in [2.24, 2.45) is 0 Å². The summed E-state index contributed by atoms with van der Waals surface area (Å²) in [6.45, 7) is 6.38. The van der Waals surface area contributed by atoms with Gasteiger partial charge in [-0.05, 0) is 44.7 Å². The van der Waals surface area contributed by atoms with Gasteiger partial charge in [0.2, 0.25) is 5.95 Å². The second kappa shape index (κ2) is 5.92. The lowest BCUT2D eigenvalue weighted by molar-refractivity contribution is 0.356. The van der Waals surface area contributed by atoms with E-state index in [0.717, 1.165) is 11.6 Å². The molecule has 3 rings (SSSR count). The van der Waals surface area contributed by atoms with Crippen LogP contribution in [0.5, 0.6) is 0 Å². The van der Waals surface area contributed by atoms with Crippen LogP contribution < -0.4 is 5.32 Å². The highest BCUT2D eigenvalue weighted by atomic mass is 15.2. The number of hydrogen-bond acceptors (Lipinski definition) is 2. The number of benzene rings is 1. The largest absolute Gasteiger partial charge is 0.325 e. The first kappa shape index (κ1) is 14.2. The zero-order valence-corrected chi connectivity index (χ0v) is 13.3. The number of hydrogen-bond donors (Lipinski definition) is 1. The highest BCUT2D eigenvalue weighted by molar-refractivity contribution is 5.63. The number of imidazole rings is 1. The second-order valence-corrected chi connectivity index (χ2v) is 6.30. The molecule has 2 aromatic rings. The molecular formula is C18H25N3. The Labute approximate surface area is 127 Å². The van der Waals surface area contributed by atoms with Gasteiger partial charge >= 0.3 is 0 Å². The Kier molecular flexibility index (Phi) is 4.00. The molecule has 0 spiro atoms. The van der Waals surface area contributed by atoms with E-state index >= 15 is 0 Å². The number of rotatable bonds is 3. The Morgan fingerprint density at radius 2 is 1.71 bits per heavy atom. The van der Waals surface area contributed by atoms with E-state index in [2.05, 4.69) is 55.1 Å². The predicted octanol–water partition coefficient (Wildman–Crippen LogP) is 5.06. The van der Waals surface area contributed by atoms with E-state index in [1.807, 2.05) is 0 Å². The van der Waals surface area contributed by atoms with Crippen molar-refractivity contribution in [2.75, 3.05) is 5.32 Å². The van der Waals surface area contributed by atoms with Crippen LogP contribution >= 0.6 is 0 Å². The number of aromatic nitrogens is 2. The van der Waals surface area contributed by atoms with E-state index < -0.39 is 0 Å². The van der Waals surface area contributed by atoms with Crippen LogP contribution in [0.1, 0.15) is 55.0 Å². The summed E-state index contributed by atoms with van der Waals surface area (Å²) in [6.07, 6.45) is 8.81. The molecule has 0 unspecified atom stereocenters. The number of nitrogens with one attached hydrogen (secondary N) is 1. The molecule has 112 valence electrons. The molecule has 1 aromatic carbocycles. The van der Waals surface area contributed by atoms with Crippen LogP contribution in [-0.2, 0) is 0 Å². The fourth-order valence-corrected chi connectivity index (χ4v) is 3.37. The zero-order chi connectivity index (χ0) is 14.8. The van der Waals surface area contributed by atoms with Crippen molar-refractivity contribution >= 4 is 11.6 Å². The fourth-order valence-electron chi connectivity index (χ4n) is 3.37. The second-order valence-electron chi connectivity index (χ2n) is 6.30. The molecule has 1 aliphatic rings. The number of para-hydroxylation sites is 1. The molecule has 1 N–H and O–H groups in total. The molecule has 0 aliphatic heterocycles. The van der Waals surface area contributed by atoms with Crippen LogP contribution in [0.2, 0.25) is 0 Å². The van der Waals surface area contributed by atoms with Crippen LogP contribution in [0.25, 0.3) is 0 Å². The maximum Gasteiger partial charge on any atom is 0.207 e. The van der Waals surface area contributed by atoms with Gasteiger partial charge in [0.15, 0.2) is 0 Å². The molecule has 3 nitrogen and oxygen atoms in total. The minimum atomic E-state index is 0.603. The molecule has 3 heteroatoms. The van der Waals surface area contributed by atoms with Gasteiger partial charge in [0.1, 0.15) is 0 Å². The van der Waals surface area contributed by atoms with Crippen LogP contribution in [0, 0.1) is 20.8 Å². The van der Waals surface area contributed by atoms with E-state index in [1.165, 1.54) is 48.9 Å². The Morgan fingerprint density at radius 3 is 2.38 bits per heavy atom. The van der Waals surface area contributed by atoms with Gasteiger partial charge in [0.25, 0.3) is 0 Å². The molecule has 0 bridgehead atoms. The summed E-state index contributed by atoms with van der Waals surface area (Å²) in [7, 11) is 0. The number of nitrogens with zero attached hydrogens (tertiary/aromatic N) is 2. The third-order valence-corrected chi connectivity index (χ3v) is 4.54. The van der Waals surface area contributed by atoms with Crippen LogP contribution in [0.3, 0.4) is 0 Å². The first-order chi connectivity index (χ1) is 10.1. The number of aryl methyl sites for hydroxylation is 3. The molecule has 0 radical (unpaired) electrons. The van der Waals surface area contributed by atoms with E-state index in [1.54, 1.807) is 0 Å². The van der Waals surface area contributed by atoms with E-state index in [0.29, 0.717) is 6.04 Å². The predicted molar refractivity (Wildman–Crippen MR) is 88.3 cm³/mol. The van der Waals surface area contributed by atoms with Crippen molar-refractivity contribution < 1.29 is 0 Å². The molecule has 0 saturated heterocycles. The Balaban J connectivity index is 1.92. The molecule has 1 saturated carbocycles. The lowest BCUT2D eigenvalue weighted by Crippen LogP contribution is -2.14. The van der Waals surface area contributed by atoms with E-state index in [-0.39, 0.29) is 0 Å². The van der Waals surface area contributed by atoms with Crippen molar-refractivity contribution in [1.82, 2.24) is 9.55 Å². The van der Waals surface area contributed by atoms with Gasteiger partial charge in [-0.1, -0.05) is 37.5 Å². The quantitative estimate of drug-likeness (QED) is 0.853. The fraction of sp³-hybridized carbons (Fsp3) is 0.500. The highest BCUT2D eigenvalue weighted by Gasteiger charge is 2.19. The summed E-state index contributed by atoms with van der Waals surface area (Å²) >= 11 is 0. The lowest BCUT2D eigenvalue weighted by atomic mass is 9.95. The average Bonchev–Trinajstić information content (AvgIpc) is 2.85. The van der Waals surface area contributed by atoms with Gasteiger partial charge in [-0.2, -0.15) is 0 Å². The summed E-state index contributed by atoms with van der Waals surface area (Å²) < 4.78 is 2.36. The van der Waals surface area contributed by atoms with Gasteiger partial charge < -0.3 is 9.88 Å². The highest BCUT2D eigenvalue weighted by Crippen LogP contribution is 2.32. The van der Waals surface area contributed by atoms with Gasteiger partial charge in [0.05, 0.1) is 5.69 Å². The van der Waals surface area contributed by atoms with E-state index in [4.69, 9.17) is 4.98 Å². The minimum Gasteiger partial charge on any atom is -0.325 e. The normalized spacial score (nSPS) is 16.1. The maximum absolute atomic E-state index is 4.72. The monoisotopic (exact) mass is 283 g/mol. The Hall–Kier alpha value is -1.77. The van der Waals surface area contributed by atoms with Gasteiger partial charge in [0, 0.05) is 17.9 Å². The average molecular weight is 283 g/mol. The van der Waals surface area contributed by atoms with Crippen molar-refractivity contribution in [2.45, 2.75) is 58.9 Å². The first-order valence-corrected chi connectivity index (χ1v) is 8.04. The van der Waals surface area contributed by atoms with Gasteiger partial charge in [-0.25, -0.2) is 4.98 Å². The van der Waals surface area contributed by atoms with Crippen molar-refractivity contribution in [3.8, 4) is 0 Å². The van der Waals surface area contributed by atoms with Crippen LogP contribution in [0.4, 0.5) is 11.6 Å². The van der Waals surface area contributed by atoms with Gasteiger partial charge in [-0.15, -0.1) is 0 Å². The molecule has 0 atom stereocenters.